The van der Waals surface area contributed by atoms with Crippen molar-refractivity contribution >= 4 is 17.8 Å². The molecule has 116 valence electrons. The fourth-order valence-corrected chi connectivity index (χ4v) is 3.14. The minimum absolute atomic E-state index is 0.0607. The summed E-state index contributed by atoms with van der Waals surface area (Å²) in [5.74, 6) is -0.276. The standard InChI is InChI=1S/C16H19N3O3/c1-11(13-6-4-3-5-7-13)19-15(21)14-10-17(12(2)20)8-9-18(14)16(19)22/h3-7,11,14H,8-10H2,1-2H3. The first-order chi connectivity index (χ1) is 10.5. The highest BCUT2D eigenvalue weighted by Crippen LogP contribution is 2.30. The van der Waals surface area contributed by atoms with E-state index in [2.05, 4.69) is 0 Å². The zero-order valence-corrected chi connectivity index (χ0v) is 12.7. The van der Waals surface area contributed by atoms with Gasteiger partial charge in [-0.05, 0) is 12.5 Å². The van der Waals surface area contributed by atoms with E-state index in [4.69, 9.17) is 0 Å². The minimum atomic E-state index is -0.545. The lowest BCUT2D eigenvalue weighted by atomic mass is 10.1. The SMILES string of the molecule is CC(=O)N1CCN2C(=O)N(C(C)c3ccccc3)C(=O)C2C1. The predicted octanol–water partition coefficient (Wildman–Crippen LogP) is 1.24. The number of imide groups is 1. The van der Waals surface area contributed by atoms with Crippen molar-refractivity contribution in [1.29, 1.82) is 0 Å². The average Bonchev–Trinajstić information content (AvgIpc) is 2.78. The second kappa shape index (κ2) is 5.44. The van der Waals surface area contributed by atoms with Crippen molar-refractivity contribution < 1.29 is 14.4 Å². The Balaban J connectivity index is 1.84. The molecule has 2 heterocycles. The maximum absolute atomic E-state index is 12.7. The molecule has 2 aliphatic heterocycles. The van der Waals surface area contributed by atoms with Gasteiger partial charge in [0, 0.05) is 20.0 Å². The van der Waals surface area contributed by atoms with Crippen LogP contribution in [0, 0.1) is 0 Å². The first-order valence-corrected chi connectivity index (χ1v) is 7.45. The molecule has 2 aliphatic rings. The molecule has 2 unspecified atom stereocenters. The summed E-state index contributed by atoms with van der Waals surface area (Å²) in [4.78, 5) is 41.3. The Morgan fingerprint density at radius 3 is 2.50 bits per heavy atom. The van der Waals surface area contributed by atoms with Crippen molar-refractivity contribution in [2.75, 3.05) is 19.6 Å². The van der Waals surface area contributed by atoms with Gasteiger partial charge in [-0.15, -0.1) is 0 Å². The quantitative estimate of drug-likeness (QED) is 0.772. The lowest BCUT2D eigenvalue weighted by Gasteiger charge is -2.34. The number of hydrogen-bond acceptors (Lipinski definition) is 3. The summed E-state index contributed by atoms with van der Waals surface area (Å²) in [5, 5.41) is 0. The van der Waals surface area contributed by atoms with Crippen molar-refractivity contribution in [3.63, 3.8) is 0 Å². The van der Waals surface area contributed by atoms with E-state index in [1.165, 1.54) is 11.8 Å². The molecule has 6 heteroatoms. The van der Waals surface area contributed by atoms with Gasteiger partial charge in [-0.1, -0.05) is 30.3 Å². The number of rotatable bonds is 2. The third-order valence-corrected chi connectivity index (χ3v) is 4.47. The van der Waals surface area contributed by atoms with Crippen LogP contribution in [0.25, 0.3) is 0 Å². The van der Waals surface area contributed by atoms with Gasteiger partial charge in [0.1, 0.15) is 6.04 Å². The van der Waals surface area contributed by atoms with E-state index in [1.807, 2.05) is 37.3 Å². The van der Waals surface area contributed by atoms with Gasteiger partial charge in [0.25, 0.3) is 5.91 Å². The Hall–Kier alpha value is -2.37. The fourth-order valence-electron chi connectivity index (χ4n) is 3.14. The molecule has 2 saturated heterocycles. The summed E-state index contributed by atoms with van der Waals surface area (Å²) >= 11 is 0. The van der Waals surface area contributed by atoms with E-state index >= 15 is 0 Å². The fraction of sp³-hybridized carbons (Fsp3) is 0.438. The van der Waals surface area contributed by atoms with Crippen molar-refractivity contribution in [3.8, 4) is 0 Å². The van der Waals surface area contributed by atoms with Gasteiger partial charge < -0.3 is 9.80 Å². The lowest BCUT2D eigenvalue weighted by Crippen LogP contribution is -2.54. The third kappa shape index (κ3) is 2.24. The van der Waals surface area contributed by atoms with Gasteiger partial charge in [-0.3, -0.25) is 14.5 Å². The van der Waals surface area contributed by atoms with Crippen molar-refractivity contribution in [2.24, 2.45) is 0 Å². The van der Waals surface area contributed by atoms with E-state index in [0.29, 0.717) is 13.1 Å². The summed E-state index contributed by atoms with van der Waals surface area (Å²) in [7, 11) is 0. The highest BCUT2D eigenvalue weighted by molar-refractivity contribution is 6.05. The topological polar surface area (TPSA) is 60.9 Å². The molecule has 4 amide bonds. The predicted molar refractivity (Wildman–Crippen MR) is 79.8 cm³/mol. The molecule has 2 fully saturated rings. The molecule has 0 spiro atoms. The largest absolute Gasteiger partial charge is 0.339 e. The van der Waals surface area contributed by atoms with Crippen LogP contribution in [-0.2, 0) is 9.59 Å². The molecule has 6 nitrogen and oxygen atoms in total. The third-order valence-electron chi connectivity index (χ3n) is 4.47. The molecule has 0 N–H and O–H groups in total. The Labute approximate surface area is 129 Å². The van der Waals surface area contributed by atoms with Crippen LogP contribution in [0.4, 0.5) is 4.79 Å². The summed E-state index contributed by atoms with van der Waals surface area (Å²) in [5.41, 5.74) is 0.924. The smallest absolute Gasteiger partial charge is 0.328 e. The number of piperazine rings is 1. The molecular formula is C16H19N3O3. The van der Waals surface area contributed by atoms with E-state index < -0.39 is 6.04 Å². The van der Waals surface area contributed by atoms with Crippen LogP contribution in [-0.4, -0.2) is 58.2 Å². The van der Waals surface area contributed by atoms with Crippen molar-refractivity contribution in [1.82, 2.24) is 14.7 Å². The second-order valence-electron chi connectivity index (χ2n) is 5.75. The molecule has 0 saturated carbocycles. The molecule has 22 heavy (non-hydrogen) atoms. The molecular weight excluding hydrogens is 282 g/mol. The molecule has 3 rings (SSSR count). The van der Waals surface area contributed by atoms with Crippen LogP contribution >= 0.6 is 0 Å². The molecule has 0 aliphatic carbocycles. The minimum Gasteiger partial charge on any atom is -0.339 e. The molecule has 1 aromatic carbocycles. The first-order valence-electron chi connectivity index (χ1n) is 7.45. The Kier molecular flexibility index (Phi) is 3.60. The lowest BCUT2D eigenvalue weighted by molar-refractivity contribution is -0.135. The van der Waals surface area contributed by atoms with E-state index in [9.17, 15) is 14.4 Å². The Morgan fingerprint density at radius 1 is 1.18 bits per heavy atom. The summed E-state index contributed by atoms with van der Waals surface area (Å²) in [6.45, 7) is 4.52. The van der Waals surface area contributed by atoms with Gasteiger partial charge in [-0.25, -0.2) is 4.79 Å². The van der Waals surface area contributed by atoms with Gasteiger partial charge in [-0.2, -0.15) is 0 Å². The number of amides is 4. The number of nitrogens with zero attached hydrogens (tertiary/aromatic N) is 3. The molecule has 1 aromatic rings. The number of carbonyl (C=O) groups excluding carboxylic acids is 3. The van der Waals surface area contributed by atoms with Crippen LogP contribution in [0.3, 0.4) is 0 Å². The van der Waals surface area contributed by atoms with Gasteiger partial charge >= 0.3 is 6.03 Å². The van der Waals surface area contributed by atoms with E-state index in [-0.39, 0.29) is 30.4 Å². The van der Waals surface area contributed by atoms with Gasteiger partial charge in [0.15, 0.2) is 0 Å². The summed E-state index contributed by atoms with van der Waals surface area (Å²) in [6.07, 6.45) is 0. The van der Waals surface area contributed by atoms with Crippen LogP contribution in [0.15, 0.2) is 30.3 Å². The number of hydrogen-bond donors (Lipinski definition) is 0. The number of carbonyl (C=O) groups is 3. The monoisotopic (exact) mass is 301 g/mol. The number of benzene rings is 1. The zero-order chi connectivity index (χ0) is 15.9. The van der Waals surface area contributed by atoms with E-state index in [0.717, 1.165) is 5.56 Å². The average molecular weight is 301 g/mol. The molecule has 0 aromatic heterocycles. The maximum atomic E-state index is 12.7. The van der Waals surface area contributed by atoms with E-state index in [1.54, 1.807) is 9.80 Å². The van der Waals surface area contributed by atoms with Crippen LogP contribution < -0.4 is 0 Å². The molecule has 2 atom stereocenters. The van der Waals surface area contributed by atoms with Gasteiger partial charge in [0.05, 0.1) is 12.6 Å². The van der Waals surface area contributed by atoms with Crippen LogP contribution in [0.2, 0.25) is 0 Å². The van der Waals surface area contributed by atoms with Crippen molar-refractivity contribution in [3.05, 3.63) is 35.9 Å². The van der Waals surface area contributed by atoms with Crippen LogP contribution in [0.5, 0.6) is 0 Å². The number of fused-ring (bicyclic) bond motifs is 1. The van der Waals surface area contributed by atoms with Crippen LogP contribution in [0.1, 0.15) is 25.5 Å². The zero-order valence-electron chi connectivity index (χ0n) is 12.7. The Bertz CT molecular complexity index is 616. The molecule has 0 bridgehead atoms. The first kappa shape index (κ1) is 14.6. The molecule has 0 radical (unpaired) electrons. The Morgan fingerprint density at radius 2 is 1.86 bits per heavy atom. The highest BCUT2D eigenvalue weighted by Gasteiger charge is 2.49. The summed E-state index contributed by atoms with van der Waals surface area (Å²) in [6, 6.07) is 8.39. The second-order valence-corrected chi connectivity index (χ2v) is 5.75. The maximum Gasteiger partial charge on any atom is 0.328 e. The number of urea groups is 1. The van der Waals surface area contributed by atoms with Gasteiger partial charge in [0.2, 0.25) is 5.91 Å². The highest BCUT2D eigenvalue weighted by atomic mass is 16.2. The van der Waals surface area contributed by atoms with Crippen molar-refractivity contribution in [2.45, 2.75) is 25.9 Å². The summed E-state index contributed by atoms with van der Waals surface area (Å²) < 4.78 is 0. The normalized spacial score (nSPS) is 22.8.